The molecule has 0 saturated carbocycles. The first kappa shape index (κ1) is 103. The summed E-state index contributed by atoms with van der Waals surface area (Å²) in [5.74, 6) is 0.976. The molecule has 18 atom stereocenters. The Kier molecular flexibility index (Phi) is 34.5. The number of carbonyl (C=O) groups is 6. The fraction of sp³-hybridized carbons (Fsp3) is 0.663. The number of ketones is 2. The Bertz CT molecular complexity index is 5120. The molecule has 0 radical (unpaired) electrons. The maximum atomic E-state index is 13.3. The summed E-state index contributed by atoms with van der Waals surface area (Å²) < 4.78 is 28.6. The number of fused-ring (bicyclic) bond motifs is 4. The maximum absolute atomic E-state index is 13.3. The van der Waals surface area contributed by atoms with Gasteiger partial charge in [-0.1, -0.05) is 132 Å². The lowest BCUT2D eigenvalue weighted by molar-refractivity contribution is -0.125. The average Bonchev–Trinajstić information content (AvgIpc) is 1.59. The molecule has 4 amide bonds. The van der Waals surface area contributed by atoms with E-state index >= 15 is 0 Å². The number of aryl methyl sites for hydroxylation is 2. The van der Waals surface area contributed by atoms with Crippen LogP contribution in [0, 0.1) is 71.0 Å². The van der Waals surface area contributed by atoms with Crippen molar-refractivity contribution < 1.29 is 109 Å². The summed E-state index contributed by atoms with van der Waals surface area (Å²) in [5.41, 5.74) is 2.27. The number of nitrogens with zero attached hydrogens (tertiary/aromatic N) is 12. The second-order valence-corrected chi connectivity index (χ2v) is 39.1. The van der Waals surface area contributed by atoms with Gasteiger partial charge in [0.15, 0.2) is 36.5 Å². The van der Waals surface area contributed by atoms with Gasteiger partial charge in [-0.15, -0.1) is 0 Å². The van der Waals surface area contributed by atoms with E-state index in [9.17, 15) is 90.0 Å². The minimum Gasteiger partial charge on any atom is -0.394 e. The summed E-state index contributed by atoms with van der Waals surface area (Å²) in [6.07, 6.45) is -1.91. The molecule has 38 heteroatoms. The Morgan fingerprint density at radius 1 is 0.362 bits per heavy atom. The van der Waals surface area contributed by atoms with Crippen molar-refractivity contribution in [3.63, 3.8) is 0 Å². The van der Waals surface area contributed by atoms with Gasteiger partial charge in [0.25, 0.3) is 0 Å². The molecule has 4 fully saturated rings. The number of ether oxygens (including phenoxy) is 4. The van der Waals surface area contributed by atoms with E-state index in [0.29, 0.717) is 87.4 Å². The van der Waals surface area contributed by atoms with Crippen LogP contribution < -0.4 is 21.3 Å². The van der Waals surface area contributed by atoms with Gasteiger partial charge in [0, 0.05) is 58.6 Å². The molecule has 12 heterocycles. The molecule has 0 bridgehead atoms. The van der Waals surface area contributed by atoms with Crippen molar-refractivity contribution >= 4 is 103 Å². The molecule has 4 aliphatic rings. The fourth-order valence-electron chi connectivity index (χ4n) is 17.2. The second-order valence-electron chi connectivity index (χ2n) is 39.1. The van der Waals surface area contributed by atoms with Crippen LogP contribution in [-0.4, -0.2) is 254 Å². The number of Topliss-reactive ketones (excluding diaryl/α,β-unsaturated/α-hetero) is 2. The summed E-state index contributed by atoms with van der Waals surface area (Å²) >= 11 is 0. The first-order valence-electron chi connectivity index (χ1n) is 42.9. The predicted octanol–water partition coefficient (Wildman–Crippen LogP) is 7.92. The molecule has 704 valence electrons. The van der Waals surface area contributed by atoms with E-state index < -0.39 is 135 Å². The monoisotopic (exact) mass is 1780 g/mol. The minimum atomic E-state index is -1.34. The standard InChI is InChI=1S/C24H36N4O6.C23H36N4O5.C21H30N4O6.C20H30N4O5.CH4/c1-12(2)7-14(8-24(4,5)6)22(33)27-20-17-15(13(3)30)9-28(21(17)26-11-25-20)23-19(32)18(31)16(10-29)34-23;1-12(2)7-14(8-23(4,5)6)21(31)26-19-16-13(3)9-27(20(16)25-11-24-19)22-18(30)17(29)15(10-28)32-22;1-10(2)6-21(4,5)20(30)24-17-14-12(11(3)27)7-25(18(14)23-9-22-17)19-16(29)15(28)13(8-26)31-19;1-10(2)6-20(4,5)19(28)23-16-13-11(3)7-24(17(13)22-9-21-16)18-15(27)14(26)12(8-25)29-18;/h9,11-12,14,16,18-19,23,29,31-32H,7-8,10H2,1-6H3,(H,25,26,27,33);9,11-12,14-15,17-18,22,28-30H,7-8,10H2,1-6H3,(H,24,25,26,31);7,9-10,13,15-16,19,26,28-29H,6,8H2,1-5H3,(H,22,23,24,30);7,9-10,12,14-15,18,25-27H,6,8H2,1-5H3,(H,21,22,23,28);1H4/t14?,16-,18+,19?,23-;14?,15-,17+,18?,22-;13-,15+,16?,19-;12-,14+,15?,18-;/m1111./s1. The van der Waals surface area contributed by atoms with Crippen LogP contribution in [0.3, 0.4) is 0 Å². The van der Waals surface area contributed by atoms with Gasteiger partial charge in [-0.05, 0) is 112 Å². The summed E-state index contributed by atoms with van der Waals surface area (Å²) in [6.45, 7) is 41.4. The Morgan fingerprint density at radius 3 is 0.843 bits per heavy atom. The van der Waals surface area contributed by atoms with Crippen LogP contribution in [0.2, 0.25) is 0 Å². The zero-order chi connectivity index (χ0) is 93.8. The normalized spacial score (nSPS) is 24.4. The van der Waals surface area contributed by atoms with Gasteiger partial charge in [0.2, 0.25) is 23.6 Å². The number of aromatic nitrogens is 12. The highest BCUT2D eigenvalue weighted by Gasteiger charge is 2.49. The maximum Gasteiger partial charge on any atom is 0.231 e. The Labute approximate surface area is 740 Å². The smallest absolute Gasteiger partial charge is 0.231 e. The second kappa shape index (κ2) is 42.3. The van der Waals surface area contributed by atoms with E-state index in [1.165, 1.54) is 60.7 Å². The summed E-state index contributed by atoms with van der Waals surface area (Å²) in [6, 6.07) is 0. The van der Waals surface area contributed by atoms with Gasteiger partial charge < -0.3 is 120 Å². The van der Waals surface area contributed by atoms with Crippen molar-refractivity contribution in [2.75, 3.05) is 47.7 Å². The molecule has 4 saturated heterocycles. The van der Waals surface area contributed by atoms with Crippen LogP contribution in [0.4, 0.5) is 23.3 Å². The summed E-state index contributed by atoms with van der Waals surface area (Å²) in [4.78, 5) is 111. The van der Waals surface area contributed by atoms with Crippen molar-refractivity contribution in [3.8, 4) is 0 Å². The minimum absolute atomic E-state index is 0. The molecular formula is C89H136N16O22. The lowest BCUT2D eigenvalue weighted by Crippen LogP contribution is -2.33. The Balaban J connectivity index is 0.000000209. The molecular weight excluding hydrogens is 1650 g/mol. The van der Waals surface area contributed by atoms with E-state index in [0.717, 1.165) is 30.4 Å². The molecule has 127 heavy (non-hydrogen) atoms. The topological polar surface area (TPSA) is 553 Å². The van der Waals surface area contributed by atoms with Crippen molar-refractivity contribution in [1.82, 2.24) is 58.1 Å². The fourth-order valence-corrected chi connectivity index (χ4v) is 17.2. The zero-order valence-electron chi connectivity index (χ0n) is 76.2. The number of carbonyl (C=O) groups excluding carboxylic acids is 6. The van der Waals surface area contributed by atoms with Gasteiger partial charge in [-0.2, -0.15) is 0 Å². The molecule has 6 unspecified atom stereocenters. The third-order valence-electron chi connectivity index (χ3n) is 22.7. The first-order chi connectivity index (χ1) is 58.8. The van der Waals surface area contributed by atoms with Crippen molar-refractivity contribution in [2.24, 2.45) is 57.2 Å². The van der Waals surface area contributed by atoms with Gasteiger partial charge in [0.05, 0.1) is 48.0 Å². The number of rotatable bonds is 28. The predicted molar refractivity (Wildman–Crippen MR) is 473 cm³/mol. The molecule has 8 aromatic rings. The van der Waals surface area contributed by atoms with Gasteiger partial charge in [-0.3, -0.25) is 28.8 Å². The van der Waals surface area contributed by atoms with Crippen molar-refractivity contribution in [3.05, 3.63) is 72.4 Å². The van der Waals surface area contributed by atoms with Gasteiger partial charge in [-0.25, -0.2) is 39.9 Å². The van der Waals surface area contributed by atoms with Crippen molar-refractivity contribution in [2.45, 2.75) is 296 Å². The van der Waals surface area contributed by atoms with Crippen LogP contribution >= 0.6 is 0 Å². The quantitative estimate of drug-likeness (QED) is 0.0207. The molecule has 12 rings (SSSR count). The highest BCUT2D eigenvalue weighted by Crippen LogP contribution is 2.43. The van der Waals surface area contributed by atoms with Crippen LogP contribution in [0.1, 0.15) is 241 Å². The SMILES string of the molecule is C.CC(=O)c1cn([C@@H]2O[C@H](CO)[C@H](O)C2O)c2ncnc(NC(=O)C(C)(C)CC(C)C)c12.CC(=O)c1cn([C@@H]2O[C@H](CO)[C@H](O)C2O)c2ncnc(NC(=O)C(CC(C)C)CC(C)(C)C)c12.Cc1cn([C@@H]2O[C@H](CO)[C@H](O)C2O)c2ncnc(NC(=O)C(C)(C)CC(C)C)c12.Cc1cn([C@@H]2O[C@H](CO)[C@H](O)C2O)c2ncnc(NC(=O)C(CC(C)C)CC(C)(C)C)c12. The van der Waals surface area contributed by atoms with E-state index in [1.807, 2.05) is 55.4 Å². The molecule has 0 aromatic carbocycles. The molecule has 0 aliphatic carbocycles. The van der Waals surface area contributed by atoms with Crippen LogP contribution in [0.15, 0.2) is 50.1 Å². The third kappa shape index (κ3) is 23.8. The number of aliphatic hydroxyl groups is 12. The summed E-state index contributed by atoms with van der Waals surface area (Å²) in [7, 11) is 0. The third-order valence-corrected chi connectivity index (χ3v) is 22.7. The highest BCUT2D eigenvalue weighted by atomic mass is 16.6. The number of aliphatic hydroxyl groups excluding tert-OH is 12. The van der Waals surface area contributed by atoms with Crippen LogP contribution in [0.5, 0.6) is 0 Å². The first-order valence-corrected chi connectivity index (χ1v) is 42.9. The molecule has 16 N–H and O–H groups in total. The molecule has 38 nitrogen and oxygen atoms in total. The van der Waals surface area contributed by atoms with E-state index in [-0.39, 0.29) is 99.3 Å². The largest absolute Gasteiger partial charge is 0.394 e. The number of hydrogen-bond donors (Lipinski definition) is 16. The molecule has 0 spiro atoms. The number of amides is 4. The van der Waals surface area contributed by atoms with E-state index in [1.54, 1.807) is 21.5 Å². The molecule has 8 aromatic heterocycles. The Morgan fingerprint density at radius 2 is 0.606 bits per heavy atom. The lowest BCUT2D eigenvalue weighted by atomic mass is 9.80. The lowest BCUT2D eigenvalue weighted by Gasteiger charge is -2.26. The van der Waals surface area contributed by atoms with Crippen LogP contribution in [0.25, 0.3) is 44.1 Å². The van der Waals surface area contributed by atoms with E-state index in [2.05, 4.69) is 144 Å². The number of nitrogens with one attached hydrogen (secondary N) is 4. The summed E-state index contributed by atoms with van der Waals surface area (Å²) in [5, 5.41) is 133. The average molecular weight is 1780 g/mol. The highest BCUT2D eigenvalue weighted by molar-refractivity contribution is 6.13. The van der Waals surface area contributed by atoms with Gasteiger partial charge in [0.1, 0.15) is 144 Å². The van der Waals surface area contributed by atoms with Crippen LogP contribution in [-0.2, 0) is 38.1 Å². The zero-order valence-corrected chi connectivity index (χ0v) is 76.2. The Hall–Kier alpha value is -8.94. The van der Waals surface area contributed by atoms with E-state index in [4.69, 9.17) is 18.9 Å². The number of anilines is 4. The van der Waals surface area contributed by atoms with Gasteiger partial charge >= 0.3 is 0 Å². The van der Waals surface area contributed by atoms with Crippen molar-refractivity contribution in [1.29, 1.82) is 0 Å². The molecule has 4 aliphatic heterocycles. The number of hydrogen-bond acceptors (Lipinski definition) is 30.